The molecule has 1 heterocycles. The summed E-state index contributed by atoms with van der Waals surface area (Å²) < 4.78 is 14.9. The monoisotopic (exact) mass is 318 g/mol. The van der Waals surface area contributed by atoms with E-state index in [9.17, 15) is 9.18 Å². The molecule has 0 aliphatic rings. The van der Waals surface area contributed by atoms with Crippen LogP contribution in [0.2, 0.25) is 0 Å². The Labute approximate surface area is 136 Å². The van der Waals surface area contributed by atoms with Crippen molar-refractivity contribution in [3.63, 3.8) is 0 Å². The van der Waals surface area contributed by atoms with E-state index in [1.54, 1.807) is 17.2 Å². The van der Waals surface area contributed by atoms with Crippen molar-refractivity contribution in [3.8, 4) is 0 Å². The van der Waals surface area contributed by atoms with E-state index >= 15 is 0 Å². The van der Waals surface area contributed by atoms with Crippen LogP contribution in [0.25, 0.3) is 0 Å². The Morgan fingerprint density at radius 3 is 2.83 bits per heavy atom. The number of hydrogen-bond acceptors (Lipinski definition) is 2. The highest BCUT2D eigenvalue weighted by Gasteiger charge is 2.12. The molecule has 1 N–H and O–H groups in total. The molecule has 2 amide bonds. The summed E-state index contributed by atoms with van der Waals surface area (Å²) in [6.07, 6.45) is 4.34. The van der Waals surface area contributed by atoms with Crippen molar-refractivity contribution < 1.29 is 9.18 Å². The molecule has 6 heteroatoms. The third-order valence-electron chi connectivity index (χ3n) is 3.63. The lowest BCUT2D eigenvalue weighted by atomic mass is 10.1. The van der Waals surface area contributed by atoms with E-state index < -0.39 is 0 Å². The van der Waals surface area contributed by atoms with Crippen LogP contribution in [0, 0.1) is 5.82 Å². The maximum absolute atomic E-state index is 13.1. The number of hydrogen-bond donors (Lipinski definition) is 1. The lowest BCUT2D eigenvalue weighted by Gasteiger charge is -2.20. The lowest BCUT2D eigenvalue weighted by Crippen LogP contribution is -2.40. The molecule has 23 heavy (non-hydrogen) atoms. The molecular formula is C17H23FN4O. The molecule has 0 spiro atoms. The average molecular weight is 318 g/mol. The molecule has 1 aromatic carbocycles. The Morgan fingerprint density at radius 2 is 2.17 bits per heavy atom. The highest BCUT2D eigenvalue weighted by Crippen LogP contribution is 2.05. The number of nitrogens with zero attached hydrogens (tertiary/aromatic N) is 3. The summed E-state index contributed by atoms with van der Waals surface area (Å²) in [5, 5.41) is 7.09. The Bertz CT molecular complexity index is 641. The van der Waals surface area contributed by atoms with Gasteiger partial charge in [-0.2, -0.15) is 5.10 Å². The number of carbonyl (C=O) groups excluding carboxylic acids is 1. The van der Waals surface area contributed by atoms with Crippen LogP contribution >= 0.6 is 0 Å². The van der Waals surface area contributed by atoms with Crippen LogP contribution in [0.15, 0.2) is 36.7 Å². The fourth-order valence-corrected chi connectivity index (χ4v) is 2.33. The van der Waals surface area contributed by atoms with Crippen molar-refractivity contribution in [2.75, 3.05) is 13.1 Å². The molecule has 5 nitrogen and oxygen atoms in total. The van der Waals surface area contributed by atoms with E-state index in [-0.39, 0.29) is 11.8 Å². The van der Waals surface area contributed by atoms with Gasteiger partial charge in [-0.05, 0) is 38.0 Å². The normalized spacial score (nSPS) is 10.6. The molecule has 0 atom stereocenters. The Kier molecular flexibility index (Phi) is 6.14. The van der Waals surface area contributed by atoms with Gasteiger partial charge < -0.3 is 10.2 Å². The number of urea groups is 1. The molecule has 0 unspecified atom stereocenters. The largest absolute Gasteiger partial charge is 0.338 e. The molecule has 2 rings (SSSR count). The van der Waals surface area contributed by atoms with Gasteiger partial charge in [0.2, 0.25) is 0 Å². The second-order valence-electron chi connectivity index (χ2n) is 5.33. The van der Waals surface area contributed by atoms with Gasteiger partial charge in [-0.15, -0.1) is 0 Å². The molecule has 0 aliphatic heterocycles. The first-order valence-electron chi connectivity index (χ1n) is 7.91. The molecule has 0 radical (unpaired) electrons. The van der Waals surface area contributed by atoms with Gasteiger partial charge in [-0.3, -0.25) is 4.68 Å². The summed E-state index contributed by atoms with van der Waals surface area (Å²) in [6, 6.07) is 6.32. The zero-order valence-electron chi connectivity index (χ0n) is 13.6. The standard InChI is InChI=1S/C17H23FN4O/c1-3-21(12-15-11-20-22(4-2)13-15)17(23)19-9-8-14-6-5-7-16(18)10-14/h5-7,10-11,13H,3-4,8-9,12H2,1-2H3,(H,19,23). The third-order valence-corrected chi connectivity index (χ3v) is 3.63. The zero-order chi connectivity index (χ0) is 16.7. The van der Waals surface area contributed by atoms with Crippen molar-refractivity contribution in [1.82, 2.24) is 20.0 Å². The van der Waals surface area contributed by atoms with Gasteiger partial charge in [0.1, 0.15) is 5.82 Å². The van der Waals surface area contributed by atoms with E-state index in [1.807, 2.05) is 30.8 Å². The van der Waals surface area contributed by atoms with Crippen LogP contribution in [-0.2, 0) is 19.5 Å². The summed E-state index contributed by atoms with van der Waals surface area (Å²) in [5.74, 6) is -0.253. The molecule has 0 saturated carbocycles. The number of rotatable bonds is 7. The molecule has 0 bridgehead atoms. The summed E-state index contributed by atoms with van der Waals surface area (Å²) in [5.41, 5.74) is 1.88. The van der Waals surface area contributed by atoms with Gasteiger partial charge in [0.15, 0.2) is 0 Å². The number of aryl methyl sites for hydroxylation is 1. The molecular weight excluding hydrogens is 295 g/mol. The predicted molar refractivity (Wildman–Crippen MR) is 87.5 cm³/mol. The van der Waals surface area contributed by atoms with Crippen molar-refractivity contribution >= 4 is 6.03 Å². The first-order valence-corrected chi connectivity index (χ1v) is 7.91. The van der Waals surface area contributed by atoms with Crippen molar-refractivity contribution in [1.29, 1.82) is 0 Å². The van der Waals surface area contributed by atoms with E-state index in [1.165, 1.54) is 12.1 Å². The van der Waals surface area contributed by atoms with Gasteiger partial charge in [0.25, 0.3) is 0 Å². The van der Waals surface area contributed by atoms with E-state index in [4.69, 9.17) is 0 Å². The number of halogens is 1. The number of aromatic nitrogens is 2. The number of benzene rings is 1. The van der Waals surface area contributed by atoms with Crippen LogP contribution in [-0.4, -0.2) is 33.8 Å². The molecule has 0 aliphatic carbocycles. The maximum atomic E-state index is 13.1. The van der Waals surface area contributed by atoms with Gasteiger partial charge in [0.05, 0.1) is 12.7 Å². The second kappa shape index (κ2) is 8.31. The summed E-state index contributed by atoms with van der Waals surface area (Å²) in [6.45, 7) is 6.40. The third kappa shape index (κ3) is 5.09. The van der Waals surface area contributed by atoms with Crippen LogP contribution in [0.1, 0.15) is 25.0 Å². The van der Waals surface area contributed by atoms with Crippen LogP contribution < -0.4 is 5.32 Å². The highest BCUT2D eigenvalue weighted by molar-refractivity contribution is 5.74. The number of carbonyl (C=O) groups is 1. The van der Waals surface area contributed by atoms with Crippen LogP contribution in [0.4, 0.5) is 9.18 Å². The highest BCUT2D eigenvalue weighted by atomic mass is 19.1. The smallest absolute Gasteiger partial charge is 0.317 e. The van der Waals surface area contributed by atoms with Crippen LogP contribution in [0.5, 0.6) is 0 Å². The molecule has 124 valence electrons. The van der Waals surface area contributed by atoms with Gasteiger partial charge >= 0.3 is 6.03 Å². The lowest BCUT2D eigenvalue weighted by molar-refractivity contribution is 0.198. The molecule has 2 aromatic rings. The summed E-state index contributed by atoms with van der Waals surface area (Å²) in [7, 11) is 0. The first-order chi connectivity index (χ1) is 11.1. The second-order valence-corrected chi connectivity index (χ2v) is 5.33. The van der Waals surface area contributed by atoms with Crippen molar-refractivity contribution in [2.45, 2.75) is 33.4 Å². The van der Waals surface area contributed by atoms with Gasteiger partial charge in [-0.1, -0.05) is 12.1 Å². The van der Waals surface area contributed by atoms with E-state index in [0.29, 0.717) is 26.1 Å². The van der Waals surface area contributed by atoms with Gasteiger partial charge in [0, 0.05) is 31.4 Å². The Balaban J connectivity index is 1.82. The minimum atomic E-state index is -0.253. The Hall–Kier alpha value is -2.37. The predicted octanol–water partition coefficient (Wildman–Crippen LogP) is 2.82. The fraction of sp³-hybridized carbons (Fsp3) is 0.412. The minimum Gasteiger partial charge on any atom is -0.338 e. The summed E-state index contributed by atoms with van der Waals surface area (Å²) in [4.78, 5) is 14.0. The van der Waals surface area contributed by atoms with Crippen molar-refractivity contribution in [2.24, 2.45) is 0 Å². The first kappa shape index (κ1) is 17.0. The zero-order valence-corrected chi connectivity index (χ0v) is 13.6. The average Bonchev–Trinajstić information content (AvgIpc) is 3.00. The van der Waals surface area contributed by atoms with E-state index in [2.05, 4.69) is 10.4 Å². The van der Waals surface area contributed by atoms with Crippen molar-refractivity contribution in [3.05, 3.63) is 53.6 Å². The van der Waals surface area contributed by atoms with Crippen LogP contribution in [0.3, 0.4) is 0 Å². The van der Waals surface area contributed by atoms with E-state index in [0.717, 1.165) is 17.7 Å². The fourth-order valence-electron chi connectivity index (χ4n) is 2.33. The quantitative estimate of drug-likeness (QED) is 0.853. The number of nitrogens with one attached hydrogen (secondary N) is 1. The molecule has 0 saturated heterocycles. The topological polar surface area (TPSA) is 50.2 Å². The minimum absolute atomic E-state index is 0.117. The Morgan fingerprint density at radius 1 is 1.35 bits per heavy atom. The SMILES string of the molecule is CCN(Cc1cnn(CC)c1)C(=O)NCCc1cccc(F)c1. The number of amides is 2. The maximum Gasteiger partial charge on any atom is 0.317 e. The summed E-state index contributed by atoms with van der Waals surface area (Å²) >= 11 is 0. The molecule has 1 aromatic heterocycles. The van der Waals surface area contributed by atoms with Gasteiger partial charge in [-0.25, -0.2) is 9.18 Å². The molecule has 0 fully saturated rings.